The van der Waals surface area contributed by atoms with Gasteiger partial charge in [0.25, 0.3) is 0 Å². The Bertz CT molecular complexity index is 1230. The molecule has 0 unspecified atom stereocenters. The van der Waals surface area contributed by atoms with E-state index < -0.39 is 11.4 Å². The second-order valence-electron chi connectivity index (χ2n) is 10.8. The Hall–Kier alpha value is -3.41. The summed E-state index contributed by atoms with van der Waals surface area (Å²) >= 11 is 0. The highest BCUT2D eigenvalue weighted by Crippen LogP contribution is 2.29. The largest absolute Gasteiger partial charge is 0.486 e. The van der Waals surface area contributed by atoms with E-state index >= 15 is 0 Å². The zero-order chi connectivity index (χ0) is 27.0. The Kier molecular flexibility index (Phi) is 9.67. The van der Waals surface area contributed by atoms with Crippen LogP contribution in [0.25, 0.3) is 10.9 Å². The highest BCUT2D eigenvalue weighted by molar-refractivity contribution is 6.11. The van der Waals surface area contributed by atoms with Crippen molar-refractivity contribution in [3.8, 4) is 5.75 Å². The van der Waals surface area contributed by atoms with Crippen molar-refractivity contribution in [3.05, 3.63) is 65.4 Å². The molecule has 0 fully saturated rings. The average Bonchev–Trinajstić information content (AvgIpc) is 3.21. The normalized spacial score (nSPS) is 11.6. The van der Waals surface area contributed by atoms with Crippen molar-refractivity contribution in [2.45, 2.75) is 79.2 Å². The minimum atomic E-state index is -1.06. The Morgan fingerprint density at radius 1 is 0.919 bits per heavy atom. The van der Waals surface area contributed by atoms with Gasteiger partial charge in [0.05, 0.1) is 12.1 Å². The number of nitrogens with zero attached hydrogens (tertiary/aromatic N) is 1. The summed E-state index contributed by atoms with van der Waals surface area (Å²) in [6.45, 7) is 7.61. The number of rotatable bonds is 14. The molecule has 6 heteroatoms. The number of ether oxygens (including phenoxy) is 1. The van der Waals surface area contributed by atoms with E-state index in [1.807, 2.05) is 32.9 Å². The summed E-state index contributed by atoms with van der Waals surface area (Å²) in [7, 11) is 0. The first kappa shape index (κ1) is 28.2. The minimum Gasteiger partial charge on any atom is -0.486 e. The van der Waals surface area contributed by atoms with Gasteiger partial charge in [0.1, 0.15) is 12.4 Å². The summed E-state index contributed by atoms with van der Waals surface area (Å²) in [4.78, 5) is 37.3. The van der Waals surface area contributed by atoms with E-state index in [1.54, 1.807) is 16.8 Å². The maximum atomic E-state index is 13.1. The van der Waals surface area contributed by atoms with Gasteiger partial charge < -0.3 is 14.4 Å². The predicted octanol–water partition coefficient (Wildman–Crippen LogP) is 7.12. The van der Waals surface area contributed by atoms with Crippen molar-refractivity contribution in [1.82, 2.24) is 4.57 Å². The number of carbonyl (C=O) groups excluding carboxylic acids is 2. The van der Waals surface area contributed by atoms with E-state index in [4.69, 9.17) is 4.74 Å². The monoisotopic (exact) mass is 505 g/mol. The standard InChI is InChI=1S/C31H39NO5/c1-5-6-7-8-9-10-11-22-12-15-25(16-13-22)37-21-24(33)19-32-20-27(29(34)31(2,3)4)26-18-23(30(35)36)14-17-28(26)32/h12-18,20H,5-11,19,21H2,1-4H3,(H,35,36). The number of Topliss-reactive ketones (excluding diaryl/α,β-unsaturated/α-hetero) is 2. The molecule has 198 valence electrons. The van der Waals surface area contributed by atoms with Gasteiger partial charge in [-0.25, -0.2) is 4.79 Å². The lowest BCUT2D eigenvalue weighted by molar-refractivity contribution is -0.121. The summed E-state index contributed by atoms with van der Waals surface area (Å²) in [6, 6.07) is 12.5. The molecule has 2 aromatic carbocycles. The number of fused-ring (bicyclic) bond motifs is 1. The zero-order valence-corrected chi connectivity index (χ0v) is 22.5. The molecular formula is C31H39NO5. The van der Waals surface area contributed by atoms with Crippen LogP contribution in [0.2, 0.25) is 0 Å². The average molecular weight is 506 g/mol. The first-order valence-corrected chi connectivity index (χ1v) is 13.2. The van der Waals surface area contributed by atoms with Crippen LogP contribution < -0.4 is 4.74 Å². The van der Waals surface area contributed by atoms with Gasteiger partial charge in [-0.15, -0.1) is 0 Å². The maximum absolute atomic E-state index is 13.1. The SMILES string of the molecule is CCCCCCCCc1ccc(OCC(=O)Cn2cc(C(=O)C(C)(C)C)c3cc(C(=O)O)ccc32)cc1. The lowest BCUT2D eigenvalue weighted by Gasteiger charge is -2.15. The van der Waals surface area contributed by atoms with Crippen LogP contribution in [0.1, 0.15) is 92.5 Å². The molecule has 0 amide bonds. The summed E-state index contributed by atoms with van der Waals surface area (Å²) in [5.41, 5.74) is 1.78. The summed E-state index contributed by atoms with van der Waals surface area (Å²) in [5.74, 6) is -0.674. The quantitative estimate of drug-likeness (QED) is 0.186. The molecule has 3 rings (SSSR count). The van der Waals surface area contributed by atoms with Crippen LogP contribution in [-0.2, 0) is 17.8 Å². The number of unbranched alkanes of at least 4 members (excludes halogenated alkanes) is 5. The molecule has 1 heterocycles. The number of hydrogen-bond acceptors (Lipinski definition) is 4. The lowest BCUT2D eigenvalue weighted by Crippen LogP contribution is -2.20. The van der Waals surface area contributed by atoms with E-state index in [0.717, 1.165) is 6.42 Å². The Balaban J connectivity index is 1.62. The second-order valence-corrected chi connectivity index (χ2v) is 10.8. The summed E-state index contributed by atoms with van der Waals surface area (Å²) < 4.78 is 7.43. The first-order chi connectivity index (χ1) is 17.6. The van der Waals surface area contributed by atoms with E-state index in [2.05, 4.69) is 19.1 Å². The number of benzene rings is 2. The molecule has 3 aromatic rings. The van der Waals surface area contributed by atoms with Crippen molar-refractivity contribution in [3.63, 3.8) is 0 Å². The Morgan fingerprint density at radius 3 is 2.24 bits per heavy atom. The van der Waals surface area contributed by atoms with Crippen LogP contribution in [0, 0.1) is 5.41 Å². The molecule has 0 saturated carbocycles. The number of carboxylic acids is 1. The number of aromatic carboxylic acids is 1. The van der Waals surface area contributed by atoms with E-state index in [0.29, 0.717) is 22.2 Å². The topological polar surface area (TPSA) is 85.6 Å². The molecule has 0 radical (unpaired) electrons. The molecular weight excluding hydrogens is 466 g/mol. The predicted molar refractivity (Wildman–Crippen MR) is 147 cm³/mol. The molecule has 0 saturated heterocycles. The van der Waals surface area contributed by atoms with E-state index in [9.17, 15) is 19.5 Å². The van der Waals surface area contributed by atoms with Crippen LogP contribution in [0.15, 0.2) is 48.7 Å². The van der Waals surface area contributed by atoms with Crippen LogP contribution >= 0.6 is 0 Å². The molecule has 0 aliphatic rings. The third kappa shape index (κ3) is 7.78. The number of hydrogen-bond donors (Lipinski definition) is 1. The molecule has 1 aromatic heterocycles. The van der Waals surface area contributed by atoms with Gasteiger partial charge in [0.2, 0.25) is 0 Å². The molecule has 0 spiro atoms. The van der Waals surface area contributed by atoms with Crippen molar-refractivity contribution in [1.29, 1.82) is 0 Å². The Labute approximate surface area is 219 Å². The summed E-state index contributed by atoms with van der Waals surface area (Å²) in [6.07, 6.45) is 10.3. The molecule has 0 bridgehead atoms. The summed E-state index contributed by atoms with van der Waals surface area (Å²) in [5, 5.41) is 9.94. The van der Waals surface area contributed by atoms with Crippen molar-refractivity contribution < 1.29 is 24.2 Å². The second kappa shape index (κ2) is 12.7. The highest BCUT2D eigenvalue weighted by Gasteiger charge is 2.27. The smallest absolute Gasteiger partial charge is 0.335 e. The number of carbonyl (C=O) groups is 3. The van der Waals surface area contributed by atoms with E-state index in [1.165, 1.54) is 56.2 Å². The van der Waals surface area contributed by atoms with Gasteiger partial charge >= 0.3 is 5.97 Å². The highest BCUT2D eigenvalue weighted by atomic mass is 16.5. The first-order valence-electron chi connectivity index (χ1n) is 13.2. The molecule has 6 nitrogen and oxygen atoms in total. The van der Waals surface area contributed by atoms with Gasteiger partial charge in [-0.1, -0.05) is 71.9 Å². The third-order valence-electron chi connectivity index (χ3n) is 6.54. The van der Waals surface area contributed by atoms with Crippen molar-refractivity contribution >= 4 is 28.4 Å². The van der Waals surface area contributed by atoms with Crippen molar-refractivity contribution in [2.75, 3.05) is 6.61 Å². The van der Waals surface area contributed by atoms with Gasteiger partial charge in [-0.3, -0.25) is 9.59 Å². The van der Waals surface area contributed by atoms with Gasteiger partial charge in [0.15, 0.2) is 11.6 Å². The number of carboxylic acid groups (broad SMARTS) is 1. The fourth-order valence-corrected chi connectivity index (χ4v) is 4.41. The van der Waals surface area contributed by atoms with Crippen LogP contribution in [0.5, 0.6) is 5.75 Å². The fourth-order valence-electron chi connectivity index (χ4n) is 4.41. The molecule has 0 atom stereocenters. The van der Waals surface area contributed by atoms with Gasteiger partial charge in [-0.05, 0) is 48.7 Å². The number of aryl methyl sites for hydroxylation is 1. The Morgan fingerprint density at radius 2 is 1.59 bits per heavy atom. The van der Waals surface area contributed by atoms with E-state index in [-0.39, 0.29) is 30.3 Å². The molecule has 1 N–H and O–H groups in total. The fraction of sp³-hybridized carbons (Fsp3) is 0.452. The molecule has 37 heavy (non-hydrogen) atoms. The number of aromatic nitrogens is 1. The maximum Gasteiger partial charge on any atom is 0.335 e. The molecule has 0 aliphatic heterocycles. The van der Waals surface area contributed by atoms with Gasteiger partial charge in [0, 0.05) is 28.1 Å². The van der Waals surface area contributed by atoms with Gasteiger partial charge in [-0.2, -0.15) is 0 Å². The van der Waals surface area contributed by atoms with Crippen molar-refractivity contribution in [2.24, 2.45) is 5.41 Å². The third-order valence-corrected chi connectivity index (χ3v) is 6.54. The minimum absolute atomic E-state index is 0.0243. The zero-order valence-electron chi connectivity index (χ0n) is 22.5. The number of ketones is 2. The van der Waals surface area contributed by atoms with Crippen LogP contribution in [0.3, 0.4) is 0 Å². The lowest BCUT2D eigenvalue weighted by atomic mass is 9.86. The van der Waals surface area contributed by atoms with Crippen LogP contribution in [-0.4, -0.2) is 33.8 Å². The van der Waals surface area contributed by atoms with Crippen LogP contribution in [0.4, 0.5) is 0 Å². The molecule has 0 aliphatic carbocycles.